The molecule has 0 spiro atoms. The molecule has 1 fully saturated rings. The van der Waals surface area contributed by atoms with Crippen LogP contribution in [0.2, 0.25) is 0 Å². The fraction of sp³-hybridized carbons (Fsp3) is 0.588. The lowest BCUT2D eigenvalue weighted by Gasteiger charge is -2.33. The maximum absolute atomic E-state index is 12.8. The van der Waals surface area contributed by atoms with Gasteiger partial charge in [-0.25, -0.2) is 8.42 Å². The molecule has 1 aliphatic heterocycles. The van der Waals surface area contributed by atoms with E-state index in [4.69, 9.17) is 0 Å². The van der Waals surface area contributed by atoms with Crippen molar-refractivity contribution in [3.63, 3.8) is 0 Å². The summed E-state index contributed by atoms with van der Waals surface area (Å²) >= 11 is 0. The second-order valence-electron chi connectivity index (χ2n) is 6.30. The molecule has 0 bridgehead atoms. The van der Waals surface area contributed by atoms with Crippen LogP contribution in [0.3, 0.4) is 0 Å². The number of rotatable bonds is 6. The van der Waals surface area contributed by atoms with Gasteiger partial charge in [0, 0.05) is 32.7 Å². The molecule has 2 rings (SSSR count). The SMILES string of the molecule is CCCNC(=O)CN1CCN(S(=O)(=O)c2ccc(C)cc2C)CC1. The lowest BCUT2D eigenvalue weighted by Crippen LogP contribution is -2.51. The third-order valence-electron chi connectivity index (χ3n) is 4.22. The zero-order valence-electron chi connectivity index (χ0n) is 14.7. The molecule has 134 valence electrons. The standard InChI is InChI=1S/C17H27N3O3S/c1-4-7-18-17(21)13-19-8-10-20(11-9-19)24(22,23)16-6-5-14(2)12-15(16)3/h5-6,12H,4,7-11,13H2,1-3H3,(H,18,21). The quantitative estimate of drug-likeness (QED) is 0.832. The van der Waals surface area contributed by atoms with Gasteiger partial charge < -0.3 is 5.32 Å². The van der Waals surface area contributed by atoms with Gasteiger partial charge in [0.15, 0.2) is 0 Å². The van der Waals surface area contributed by atoms with Gasteiger partial charge in [0.05, 0.1) is 11.4 Å². The van der Waals surface area contributed by atoms with Gasteiger partial charge >= 0.3 is 0 Å². The highest BCUT2D eigenvalue weighted by Crippen LogP contribution is 2.22. The number of nitrogens with one attached hydrogen (secondary N) is 1. The van der Waals surface area contributed by atoms with Crippen molar-refractivity contribution in [1.82, 2.24) is 14.5 Å². The average Bonchev–Trinajstić information content (AvgIpc) is 2.53. The molecule has 1 amide bonds. The third kappa shape index (κ3) is 4.55. The van der Waals surface area contributed by atoms with Crippen molar-refractivity contribution < 1.29 is 13.2 Å². The number of amides is 1. The summed E-state index contributed by atoms with van der Waals surface area (Å²) in [4.78, 5) is 14.1. The molecule has 0 saturated carbocycles. The van der Waals surface area contributed by atoms with E-state index in [-0.39, 0.29) is 5.91 Å². The first kappa shape index (κ1) is 18.9. The largest absolute Gasteiger partial charge is 0.355 e. The Labute approximate surface area is 144 Å². The van der Waals surface area contributed by atoms with Gasteiger partial charge in [0.25, 0.3) is 0 Å². The van der Waals surface area contributed by atoms with Crippen molar-refractivity contribution in [3.05, 3.63) is 29.3 Å². The van der Waals surface area contributed by atoms with E-state index in [0.717, 1.165) is 17.5 Å². The van der Waals surface area contributed by atoms with Crippen molar-refractivity contribution in [2.24, 2.45) is 0 Å². The summed E-state index contributed by atoms with van der Waals surface area (Å²) in [7, 11) is -3.47. The number of carbonyl (C=O) groups is 1. The van der Waals surface area contributed by atoms with Gasteiger partial charge in [-0.3, -0.25) is 9.69 Å². The Hall–Kier alpha value is -1.44. The number of benzene rings is 1. The first-order chi connectivity index (χ1) is 11.3. The van der Waals surface area contributed by atoms with E-state index in [2.05, 4.69) is 5.32 Å². The molecule has 24 heavy (non-hydrogen) atoms. The summed E-state index contributed by atoms with van der Waals surface area (Å²) in [6.07, 6.45) is 0.910. The smallest absolute Gasteiger partial charge is 0.243 e. The Kier molecular flexibility index (Phi) is 6.37. The first-order valence-corrected chi connectivity index (χ1v) is 9.85. The van der Waals surface area contributed by atoms with Crippen LogP contribution >= 0.6 is 0 Å². The van der Waals surface area contributed by atoms with Gasteiger partial charge in [-0.05, 0) is 31.9 Å². The van der Waals surface area contributed by atoms with Gasteiger partial charge in [0.1, 0.15) is 0 Å². The lowest BCUT2D eigenvalue weighted by atomic mass is 10.2. The van der Waals surface area contributed by atoms with Crippen LogP contribution in [0.1, 0.15) is 24.5 Å². The molecule has 0 aliphatic carbocycles. The molecule has 1 saturated heterocycles. The predicted octanol–water partition coefficient (Wildman–Crippen LogP) is 1.14. The number of aryl methyl sites for hydroxylation is 2. The fourth-order valence-corrected chi connectivity index (χ4v) is 4.51. The van der Waals surface area contributed by atoms with E-state index < -0.39 is 10.0 Å². The Balaban J connectivity index is 1.97. The summed E-state index contributed by atoms with van der Waals surface area (Å²) < 4.78 is 27.2. The van der Waals surface area contributed by atoms with Crippen molar-refractivity contribution >= 4 is 15.9 Å². The summed E-state index contributed by atoms with van der Waals surface area (Å²) in [6, 6.07) is 5.40. The van der Waals surface area contributed by atoms with Crippen molar-refractivity contribution in [2.45, 2.75) is 32.1 Å². The number of carbonyl (C=O) groups excluding carboxylic acids is 1. The molecule has 1 N–H and O–H groups in total. The van der Waals surface area contributed by atoms with Crippen molar-refractivity contribution in [1.29, 1.82) is 0 Å². The number of piperazine rings is 1. The van der Waals surface area contributed by atoms with Gasteiger partial charge in [0.2, 0.25) is 15.9 Å². The van der Waals surface area contributed by atoms with E-state index in [9.17, 15) is 13.2 Å². The summed E-state index contributed by atoms with van der Waals surface area (Å²) in [5, 5.41) is 2.85. The van der Waals surface area contributed by atoms with Gasteiger partial charge in [-0.2, -0.15) is 4.31 Å². The maximum atomic E-state index is 12.8. The van der Waals surface area contributed by atoms with Crippen molar-refractivity contribution in [2.75, 3.05) is 39.3 Å². The minimum Gasteiger partial charge on any atom is -0.355 e. The first-order valence-electron chi connectivity index (χ1n) is 8.41. The third-order valence-corrected chi connectivity index (χ3v) is 6.28. The topological polar surface area (TPSA) is 69.7 Å². The van der Waals surface area contributed by atoms with Gasteiger partial charge in [-0.1, -0.05) is 24.6 Å². The van der Waals surface area contributed by atoms with E-state index >= 15 is 0 Å². The predicted molar refractivity (Wildman–Crippen MR) is 94.4 cm³/mol. The number of nitrogens with zero attached hydrogens (tertiary/aromatic N) is 2. The van der Waals surface area contributed by atoms with E-state index in [1.54, 1.807) is 6.07 Å². The molecular weight excluding hydrogens is 326 g/mol. The summed E-state index contributed by atoms with van der Waals surface area (Å²) in [6.45, 7) is 8.77. The molecule has 1 aromatic carbocycles. The number of hydrogen-bond donors (Lipinski definition) is 1. The Bertz CT molecular complexity index is 680. The van der Waals surface area contributed by atoms with E-state index in [1.807, 2.05) is 37.8 Å². The fourth-order valence-electron chi connectivity index (χ4n) is 2.88. The molecule has 0 unspecified atom stereocenters. The molecule has 6 nitrogen and oxygen atoms in total. The van der Waals surface area contributed by atoms with Crippen LogP contribution in [-0.4, -0.2) is 62.8 Å². The minimum absolute atomic E-state index is 0.00235. The van der Waals surface area contributed by atoms with E-state index in [1.165, 1.54) is 4.31 Å². The molecule has 0 atom stereocenters. The molecule has 1 heterocycles. The van der Waals surface area contributed by atoms with E-state index in [0.29, 0.717) is 44.2 Å². The molecule has 0 aromatic heterocycles. The van der Waals surface area contributed by atoms with Crippen LogP contribution < -0.4 is 5.32 Å². The van der Waals surface area contributed by atoms with Crippen molar-refractivity contribution in [3.8, 4) is 0 Å². The average molecular weight is 353 g/mol. The zero-order valence-corrected chi connectivity index (χ0v) is 15.5. The normalized spacial score (nSPS) is 17.0. The summed E-state index contributed by atoms with van der Waals surface area (Å²) in [5.74, 6) is 0.00235. The second-order valence-corrected chi connectivity index (χ2v) is 8.21. The highest BCUT2D eigenvalue weighted by atomic mass is 32.2. The van der Waals surface area contributed by atoms with Crippen LogP contribution in [-0.2, 0) is 14.8 Å². The molecule has 1 aliphatic rings. The monoisotopic (exact) mass is 353 g/mol. The lowest BCUT2D eigenvalue weighted by molar-refractivity contribution is -0.122. The highest BCUT2D eigenvalue weighted by Gasteiger charge is 2.29. The second kappa shape index (κ2) is 8.09. The van der Waals surface area contributed by atoms with Crippen LogP contribution in [0.4, 0.5) is 0 Å². The summed E-state index contributed by atoms with van der Waals surface area (Å²) in [5.41, 5.74) is 1.82. The minimum atomic E-state index is -3.47. The maximum Gasteiger partial charge on any atom is 0.243 e. The van der Waals surface area contributed by atoms with Crippen LogP contribution in [0, 0.1) is 13.8 Å². The Morgan fingerprint density at radius 3 is 2.42 bits per heavy atom. The van der Waals surface area contributed by atoms with Gasteiger partial charge in [-0.15, -0.1) is 0 Å². The zero-order chi connectivity index (χ0) is 17.7. The highest BCUT2D eigenvalue weighted by molar-refractivity contribution is 7.89. The molecule has 0 radical (unpaired) electrons. The van der Waals surface area contributed by atoms with Crippen LogP contribution in [0.25, 0.3) is 0 Å². The molecular formula is C17H27N3O3S. The molecule has 7 heteroatoms. The Morgan fingerprint density at radius 1 is 1.17 bits per heavy atom. The number of sulfonamides is 1. The Morgan fingerprint density at radius 2 is 1.83 bits per heavy atom. The van der Waals surface area contributed by atoms with Crippen LogP contribution in [0.15, 0.2) is 23.1 Å². The van der Waals surface area contributed by atoms with Crippen LogP contribution in [0.5, 0.6) is 0 Å². The molecule has 1 aromatic rings. The number of hydrogen-bond acceptors (Lipinski definition) is 4.